The fourth-order valence-electron chi connectivity index (χ4n) is 0.213. The van der Waals surface area contributed by atoms with Gasteiger partial charge in [-0.05, 0) is 29.4 Å². The van der Waals surface area contributed by atoms with Gasteiger partial charge in [0, 0.05) is 0 Å². The molecule has 0 aromatic rings. The highest BCUT2D eigenvalue weighted by Gasteiger charge is 2.18. The van der Waals surface area contributed by atoms with Gasteiger partial charge in [-0.2, -0.15) is 0 Å². The van der Waals surface area contributed by atoms with Gasteiger partial charge in [0.1, 0.15) is 11.0 Å². The van der Waals surface area contributed by atoms with Crippen LogP contribution in [0.5, 0.6) is 0 Å². The zero-order valence-electron chi connectivity index (χ0n) is 5.18. The van der Waals surface area contributed by atoms with Crippen LogP contribution in [0.15, 0.2) is 11.0 Å². The van der Waals surface area contributed by atoms with Gasteiger partial charge >= 0.3 is 0 Å². The molecule has 0 aromatic heterocycles. The zero-order valence-corrected chi connectivity index (χ0v) is 8.34. The van der Waals surface area contributed by atoms with Crippen molar-refractivity contribution in [3.8, 4) is 0 Å². The monoisotopic (exact) mass is 222 g/mol. The Bertz CT molecular complexity index is 173. The van der Waals surface area contributed by atoms with Gasteiger partial charge in [0.2, 0.25) is 0 Å². The van der Waals surface area contributed by atoms with Crippen LogP contribution in [0.1, 0.15) is 6.92 Å². The SMILES string of the molecule is CCOC=C(Cl)P(=O)(Cl)Cl. The van der Waals surface area contributed by atoms with Gasteiger partial charge in [0.05, 0.1) is 6.61 Å². The van der Waals surface area contributed by atoms with Crippen molar-refractivity contribution in [2.45, 2.75) is 6.92 Å². The molecule has 0 atom stereocenters. The molecule has 60 valence electrons. The number of hydrogen-bond donors (Lipinski definition) is 0. The summed E-state index contributed by atoms with van der Waals surface area (Å²) in [6, 6.07) is 0. The van der Waals surface area contributed by atoms with E-state index in [4.69, 9.17) is 34.1 Å². The number of ether oxygens (including phenoxy) is 1. The number of rotatable bonds is 3. The average molecular weight is 223 g/mol. The minimum Gasteiger partial charge on any atom is -0.500 e. The van der Waals surface area contributed by atoms with Gasteiger partial charge in [-0.15, -0.1) is 0 Å². The van der Waals surface area contributed by atoms with E-state index in [0.29, 0.717) is 6.61 Å². The minimum atomic E-state index is -3.34. The predicted molar refractivity (Wildman–Crippen MR) is 44.9 cm³/mol. The third-order valence-electron chi connectivity index (χ3n) is 0.596. The Morgan fingerprint density at radius 3 is 2.50 bits per heavy atom. The lowest BCUT2D eigenvalue weighted by atomic mass is 10.9. The first-order chi connectivity index (χ1) is 4.48. The van der Waals surface area contributed by atoms with E-state index < -0.39 is 5.85 Å². The summed E-state index contributed by atoms with van der Waals surface area (Å²) in [5.74, 6) is -3.34. The molecule has 2 nitrogen and oxygen atoms in total. The van der Waals surface area contributed by atoms with Gasteiger partial charge in [0.25, 0.3) is 5.85 Å². The quantitative estimate of drug-likeness (QED) is 0.538. The Hall–Kier alpha value is 0.640. The standard InChI is InChI=1S/C4H6Cl3O2P/c1-2-9-3-4(5)10(6,7)8/h3H,2H2,1H3. The molecule has 0 amide bonds. The highest BCUT2D eigenvalue weighted by molar-refractivity contribution is 8.12. The summed E-state index contributed by atoms with van der Waals surface area (Å²) >= 11 is 15.7. The molecule has 0 aliphatic rings. The normalized spacial score (nSPS) is 13.4. The first-order valence-electron chi connectivity index (χ1n) is 2.45. The molecule has 6 heteroatoms. The third-order valence-corrected chi connectivity index (χ3v) is 3.61. The second-order valence-corrected chi connectivity index (χ2v) is 6.81. The maximum Gasteiger partial charge on any atom is 0.296 e. The van der Waals surface area contributed by atoms with Crippen LogP contribution in [0.4, 0.5) is 0 Å². The molecule has 0 saturated heterocycles. The fraction of sp³-hybridized carbons (Fsp3) is 0.500. The molecule has 0 radical (unpaired) electrons. The molecule has 0 bridgehead atoms. The summed E-state index contributed by atoms with van der Waals surface area (Å²) in [7, 11) is 0. The Kier molecular flexibility index (Phi) is 4.79. The Balaban J connectivity index is 4.07. The molecule has 0 rings (SSSR count). The van der Waals surface area contributed by atoms with E-state index in [1.807, 2.05) is 0 Å². The summed E-state index contributed by atoms with van der Waals surface area (Å²) in [5.41, 5.74) is 0. The summed E-state index contributed by atoms with van der Waals surface area (Å²) in [6.07, 6.45) is 1.09. The largest absolute Gasteiger partial charge is 0.500 e. The second-order valence-electron chi connectivity index (χ2n) is 1.36. The van der Waals surface area contributed by atoms with Crippen LogP contribution in [0.3, 0.4) is 0 Å². The predicted octanol–water partition coefficient (Wildman–Crippen LogP) is 3.73. The highest BCUT2D eigenvalue weighted by Crippen LogP contribution is 2.65. The molecule has 0 unspecified atom stereocenters. The van der Waals surface area contributed by atoms with Crippen LogP contribution in [-0.4, -0.2) is 6.61 Å². The van der Waals surface area contributed by atoms with Crippen molar-refractivity contribution in [2.24, 2.45) is 0 Å². The molecule has 0 aliphatic carbocycles. The smallest absolute Gasteiger partial charge is 0.296 e. The molecule has 0 aliphatic heterocycles. The lowest BCUT2D eigenvalue weighted by molar-refractivity contribution is 0.269. The molecule has 10 heavy (non-hydrogen) atoms. The second kappa shape index (κ2) is 4.50. The fourth-order valence-corrected chi connectivity index (χ4v) is 0.713. The third kappa shape index (κ3) is 4.45. The summed E-state index contributed by atoms with van der Waals surface area (Å²) in [5, 5.41) is 0. The summed E-state index contributed by atoms with van der Waals surface area (Å²) in [6.45, 7) is 2.19. The average Bonchev–Trinajstić information content (AvgIpc) is 1.80. The van der Waals surface area contributed by atoms with Crippen LogP contribution in [0.2, 0.25) is 0 Å². The van der Waals surface area contributed by atoms with E-state index in [0.717, 1.165) is 6.26 Å². The van der Waals surface area contributed by atoms with Crippen molar-refractivity contribution < 1.29 is 9.30 Å². The van der Waals surface area contributed by atoms with E-state index in [1.165, 1.54) is 0 Å². The molecule has 0 saturated carbocycles. The van der Waals surface area contributed by atoms with Gasteiger partial charge in [-0.3, -0.25) is 4.57 Å². The lowest BCUT2D eigenvalue weighted by Gasteiger charge is -1.98. The van der Waals surface area contributed by atoms with Crippen molar-refractivity contribution >= 4 is 39.9 Å². The molecular weight excluding hydrogens is 217 g/mol. The van der Waals surface area contributed by atoms with E-state index in [-0.39, 0.29) is 4.77 Å². The Morgan fingerprint density at radius 2 is 2.20 bits per heavy atom. The molecule has 0 aromatic carbocycles. The summed E-state index contributed by atoms with van der Waals surface area (Å²) in [4.78, 5) is 0. The molecule has 0 N–H and O–H groups in total. The Morgan fingerprint density at radius 1 is 1.70 bits per heavy atom. The lowest BCUT2D eigenvalue weighted by Crippen LogP contribution is -1.77. The minimum absolute atomic E-state index is 0.155. The summed E-state index contributed by atoms with van der Waals surface area (Å²) < 4.78 is 15.2. The van der Waals surface area contributed by atoms with E-state index in [2.05, 4.69) is 4.74 Å². The van der Waals surface area contributed by atoms with Crippen molar-refractivity contribution in [3.63, 3.8) is 0 Å². The molecule has 0 spiro atoms. The van der Waals surface area contributed by atoms with Gasteiger partial charge < -0.3 is 4.74 Å². The van der Waals surface area contributed by atoms with Crippen molar-refractivity contribution in [3.05, 3.63) is 11.0 Å². The molecular formula is C4H6Cl3O2P. The topological polar surface area (TPSA) is 26.3 Å². The van der Waals surface area contributed by atoms with E-state index >= 15 is 0 Å². The van der Waals surface area contributed by atoms with Crippen LogP contribution in [0.25, 0.3) is 0 Å². The van der Waals surface area contributed by atoms with Crippen LogP contribution < -0.4 is 0 Å². The van der Waals surface area contributed by atoms with Crippen LogP contribution in [0, 0.1) is 0 Å². The Labute approximate surface area is 74.0 Å². The highest BCUT2D eigenvalue weighted by atomic mass is 35.9. The van der Waals surface area contributed by atoms with E-state index in [1.54, 1.807) is 6.92 Å². The van der Waals surface area contributed by atoms with Crippen molar-refractivity contribution in [1.29, 1.82) is 0 Å². The van der Waals surface area contributed by atoms with Gasteiger partial charge in [0.15, 0.2) is 0 Å². The first-order valence-corrected chi connectivity index (χ1v) is 6.35. The maximum atomic E-state index is 10.7. The van der Waals surface area contributed by atoms with Crippen molar-refractivity contribution in [1.82, 2.24) is 0 Å². The first kappa shape index (κ1) is 10.6. The van der Waals surface area contributed by atoms with Gasteiger partial charge in [-0.1, -0.05) is 11.6 Å². The van der Waals surface area contributed by atoms with E-state index in [9.17, 15) is 4.57 Å². The van der Waals surface area contributed by atoms with Gasteiger partial charge in [-0.25, -0.2) is 0 Å². The maximum absolute atomic E-state index is 10.7. The van der Waals surface area contributed by atoms with Crippen LogP contribution in [-0.2, 0) is 9.30 Å². The number of halogens is 3. The number of hydrogen-bond acceptors (Lipinski definition) is 2. The van der Waals surface area contributed by atoms with Crippen molar-refractivity contribution in [2.75, 3.05) is 6.61 Å². The zero-order chi connectivity index (χ0) is 8.20. The van der Waals surface area contributed by atoms with Crippen LogP contribution >= 0.6 is 39.9 Å². The molecule has 0 fully saturated rings. The molecule has 0 heterocycles.